The maximum Gasteiger partial charge on any atom is 0.338 e. The Morgan fingerprint density at radius 2 is 2.00 bits per heavy atom. The van der Waals surface area contributed by atoms with Crippen LogP contribution in [-0.2, 0) is 21.4 Å². The van der Waals surface area contributed by atoms with E-state index in [-0.39, 0.29) is 23.6 Å². The van der Waals surface area contributed by atoms with Gasteiger partial charge in [-0.2, -0.15) is 4.72 Å². The monoisotopic (exact) mass is 442 g/mol. The lowest BCUT2D eigenvalue weighted by Crippen LogP contribution is -2.23. The summed E-state index contributed by atoms with van der Waals surface area (Å²) in [5.41, 5.74) is 1.75. The molecule has 7 nitrogen and oxygen atoms in total. The fourth-order valence-electron chi connectivity index (χ4n) is 2.47. The second-order valence-corrected chi connectivity index (χ2v) is 8.63. The van der Waals surface area contributed by atoms with Crippen LogP contribution in [0, 0.1) is 12.3 Å². The van der Waals surface area contributed by atoms with Gasteiger partial charge in [-0.25, -0.2) is 18.2 Å². The summed E-state index contributed by atoms with van der Waals surface area (Å²) in [4.78, 5) is 16.7. The molecule has 0 unspecified atom stereocenters. The van der Waals surface area contributed by atoms with Crippen molar-refractivity contribution in [3.63, 3.8) is 0 Å². The van der Waals surface area contributed by atoms with Crippen molar-refractivity contribution in [2.45, 2.75) is 11.5 Å². The molecule has 0 spiro atoms. The minimum Gasteiger partial charge on any atom is -0.497 e. The molecule has 0 atom stereocenters. The zero-order valence-corrected chi connectivity index (χ0v) is 17.6. The van der Waals surface area contributed by atoms with Gasteiger partial charge in [0.1, 0.15) is 17.4 Å². The van der Waals surface area contributed by atoms with Crippen LogP contribution in [0.1, 0.15) is 16.1 Å². The van der Waals surface area contributed by atoms with Gasteiger partial charge in [0.15, 0.2) is 0 Å². The smallest absolute Gasteiger partial charge is 0.338 e. The van der Waals surface area contributed by atoms with Gasteiger partial charge in [0, 0.05) is 10.9 Å². The van der Waals surface area contributed by atoms with Crippen molar-refractivity contribution in [1.82, 2.24) is 9.71 Å². The van der Waals surface area contributed by atoms with Crippen molar-refractivity contribution in [1.29, 1.82) is 0 Å². The average Bonchev–Trinajstić information content (AvgIpc) is 3.25. The first-order valence-corrected chi connectivity index (χ1v) is 11.1. The van der Waals surface area contributed by atoms with Crippen LogP contribution in [-0.4, -0.2) is 33.0 Å². The van der Waals surface area contributed by atoms with E-state index in [9.17, 15) is 13.2 Å². The molecule has 0 fully saturated rings. The maximum absolute atomic E-state index is 12.3. The van der Waals surface area contributed by atoms with E-state index in [0.717, 1.165) is 16.3 Å². The number of aromatic nitrogens is 1. The highest BCUT2D eigenvalue weighted by molar-refractivity contribution is 7.89. The third kappa shape index (κ3) is 5.24. The van der Waals surface area contributed by atoms with Crippen molar-refractivity contribution in [2.24, 2.45) is 0 Å². The van der Waals surface area contributed by atoms with E-state index in [2.05, 4.69) is 15.6 Å². The number of terminal acetylenes is 1. The SMILES string of the molecule is C#CCNS(=O)(=O)c1ccc(C(=O)OCc2csc(-c3cccc(OC)c3)n2)cc1. The minimum absolute atomic E-state index is 0.00305. The van der Waals surface area contributed by atoms with Crippen LogP contribution in [0.4, 0.5) is 0 Å². The van der Waals surface area contributed by atoms with E-state index in [4.69, 9.17) is 15.9 Å². The van der Waals surface area contributed by atoms with Crippen molar-refractivity contribution in [2.75, 3.05) is 13.7 Å². The number of nitrogens with one attached hydrogen (secondary N) is 1. The maximum atomic E-state index is 12.3. The molecule has 1 heterocycles. The van der Waals surface area contributed by atoms with E-state index in [1.165, 1.54) is 35.6 Å². The topological polar surface area (TPSA) is 94.6 Å². The summed E-state index contributed by atoms with van der Waals surface area (Å²) in [5, 5.41) is 2.60. The molecule has 0 aliphatic heterocycles. The summed E-state index contributed by atoms with van der Waals surface area (Å²) in [6.07, 6.45) is 5.06. The van der Waals surface area contributed by atoms with E-state index in [0.29, 0.717) is 5.69 Å². The Kier molecular flexibility index (Phi) is 6.84. The fourth-order valence-corrected chi connectivity index (χ4v) is 4.21. The molecule has 0 aliphatic carbocycles. The van der Waals surface area contributed by atoms with Crippen LogP contribution in [0.5, 0.6) is 5.75 Å². The molecule has 154 valence electrons. The zero-order valence-electron chi connectivity index (χ0n) is 16.0. The number of hydrogen-bond donors (Lipinski definition) is 1. The summed E-state index contributed by atoms with van der Waals surface area (Å²) < 4.78 is 36.8. The highest BCUT2D eigenvalue weighted by Gasteiger charge is 2.15. The van der Waals surface area contributed by atoms with E-state index in [1.54, 1.807) is 7.11 Å². The predicted molar refractivity (Wildman–Crippen MR) is 114 cm³/mol. The van der Waals surface area contributed by atoms with Gasteiger partial charge in [-0.15, -0.1) is 17.8 Å². The highest BCUT2D eigenvalue weighted by Crippen LogP contribution is 2.27. The number of rotatable bonds is 8. The number of nitrogens with zero attached hydrogens (tertiary/aromatic N) is 1. The van der Waals surface area contributed by atoms with Gasteiger partial charge in [-0.1, -0.05) is 18.1 Å². The van der Waals surface area contributed by atoms with Crippen molar-refractivity contribution >= 4 is 27.3 Å². The first kappa shape index (κ1) is 21.5. The van der Waals surface area contributed by atoms with Crippen LogP contribution in [0.2, 0.25) is 0 Å². The molecule has 9 heteroatoms. The third-order valence-electron chi connectivity index (χ3n) is 3.98. The Morgan fingerprint density at radius 3 is 2.70 bits per heavy atom. The molecule has 2 aromatic carbocycles. The number of benzene rings is 2. The normalized spacial score (nSPS) is 10.9. The van der Waals surface area contributed by atoms with Gasteiger partial charge in [0.2, 0.25) is 10.0 Å². The van der Waals surface area contributed by atoms with Crippen LogP contribution in [0.25, 0.3) is 10.6 Å². The Labute approximate surface area is 178 Å². The lowest BCUT2D eigenvalue weighted by atomic mass is 10.2. The van der Waals surface area contributed by atoms with Crippen molar-refractivity contribution in [3.8, 4) is 28.7 Å². The molecule has 0 radical (unpaired) electrons. The number of ether oxygens (including phenoxy) is 2. The molecular formula is C21H18N2O5S2. The van der Waals surface area contributed by atoms with Gasteiger partial charge in [0.05, 0.1) is 29.8 Å². The quantitative estimate of drug-likeness (QED) is 0.426. The van der Waals surface area contributed by atoms with Crippen LogP contribution < -0.4 is 9.46 Å². The number of carbonyl (C=O) groups excluding carboxylic acids is 1. The highest BCUT2D eigenvalue weighted by atomic mass is 32.2. The first-order valence-electron chi connectivity index (χ1n) is 8.72. The zero-order chi connectivity index (χ0) is 21.6. The van der Waals surface area contributed by atoms with E-state index in [1.807, 2.05) is 29.6 Å². The molecule has 0 amide bonds. The van der Waals surface area contributed by atoms with Gasteiger partial charge in [0.25, 0.3) is 0 Å². The molecule has 0 bridgehead atoms. The molecule has 0 saturated carbocycles. The Balaban J connectivity index is 1.62. The number of hydrogen-bond acceptors (Lipinski definition) is 7. The van der Waals surface area contributed by atoms with Gasteiger partial charge in [-0.3, -0.25) is 0 Å². The molecule has 3 aromatic rings. The van der Waals surface area contributed by atoms with Crippen LogP contribution in [0.15, 0.2) is 58.8 Å². The summed E-state index contributed by atoms with van der Waals surface area (Å²) in [6.45, 7) is -0.111. The number of methoxy groups -OCH3 is 1. The Bertz CT molecular complexity index is 1180. The van der Waals surface area contributed by atoms with Crippen LogP contribution in [0.3, 0.4) is 0 Å². The summed E-state index contributed by atoms with van der Waals surface area (Å²) in [7, 11) is -2.11. The van der Waals surface area contributed by atoms with E-state index < -0.39 is 16.0 Å². The standard InChI is InChI=1S/C21H18N2O5S2/c1-3-11-22-30(25,26)19-9-7-15(8-10-19)21(24)28-13-17-14-29-20(23-17)16-5-4-6-18(12-16)27-2/h1,4-10,12,14,22H,11,13H2,2H3. The number of sulfonamides is 1. The molecule has 3 rings (SSSR count). The molecule has 0 saturated heterocycles. The van der Waals surface area contributed by atoms with Crippen LogP contribution >= 0.6 is 11.3 Å². The fraction of sp³-hybridized carbons (Fsp3) is 0.143. The molecule has 0 aliphatic rings. The number of esters is 1. The average molecular weight is 443 g/mol. The lowest BCUT2D eigenvalue weighted by Gasteiger charge is -2.06. The van der Waals surface area contributed by atoms with E-state index >= 15 is 0 Å². The largest absolute Gasteiger partial charge is 0.497 e. The van der Waals surface area contributed by atoms with Crippen molar-refractivity contribution < 1.29 is 22.7 Å². The van der Waals surface area contributed by atoms with Gasteiger partial charge >= 0.3 is 5.97 Å². The third-order valence-corrected chi connectivity index (χ3v) is 6.34. The van der Waals surface area contributed by atoms with Crippen molar-refractivity contribution in [3.05, 3.63) is 65.2 Å². The number of thiazole rings is 1. The molecule has 30 heavy (non-hydrogen) atoms. The Hall–Kier alpha value is -3.19. The molecular weight excluding hydrogens is 424 g/mol. The second kappa shape index (κ2) is 9.54. The predicted octanol–water partition coefficient (Wildman–Crippen LogP) is 3.09. The Morgan fingerprint density at radius 1 is 1.23 bits per heavy atom. The van der Waals surface area contributed by atoms with Gasteiger partial charge < -0.3 is 9.47 Å². The lowest BCUT2D eigenvalue weighted by molar-refractivity contribution is 0.0468. The molecule has 1 aromatic heterocycles. The van der Waals surface area contributed by atoms with Gasteiger partial charge in [-0.05, 0) is 36.4 Å². The summed E-state index contributed by atoms with van der Waals surface area (Å²) >= 11 is 1.43. The minimum atomic E-state index is -3.71. The summed E-state index contributed by atoms with van der Waals surface area (Å²) in [5.74, 6) is 2.35. The summed E-state index contributed by atoms with van der Waals surface area (Å²) in [6, 6.07) is 12.9. The molecule has 1 N–H and O–H groups in total. The second-order valence-electron chi connectivity index (χ2n) is 6.01. The number of carbonyl (C=O) groups is 1. The first-order chi connectivity index (χ1) is 14.4.